The van der Waals surface area contributed by atoms with E-state index in [-0.39, 0.29) is 0 Å². The number of fused-ring (bicyclic) bond motifs is 2. The van der Waals surface area contributed by atoms with Crippen LogP contribution in [0.2, 0.25) is 0 Å². The van der Waals surface area contributed by atoms with Crippen molar-refractivity contribution in [3.63, 3.8) is 0 Å². The van der Waals surface area contributed by atoms with Crippen LogP contribution in [0.25, 0.3) is 0 Å². The van der Waals surface area contributed by atoms with Gasteiger partial charge in [-0.25, -0.2) is 0 Å². The van der Waals surface area contributed by atoms with E-state index in [0.29, 0.717) is 0 Å². The Kier molecular flexibility index (Phi) is 0.395. The Morgan fingerprint density at radius 1 is 0.778 bits per heavy atom. The van der Waals surface area contributed by atoms with Crippen molar-refractivity contribution in [3.8, 4) is 0 Å². The van der Waals surface area contributed by atoms with E-state index in [4.69, 9.17) is 0 Å². The molecule has 0 nitrogen and oxygen atoms in total. The van der Waals surface area contributed by atoms with Crippen LogP contribution in [-0.4, -0.2) is 0 Å². The Morgan fingerprint density at radius 2 is 1.78 bits per heavy atom. The van der Waals surface area contributed by atoms with Gasteiger partial charge in [0.15, 0.2) is 0 Å². The van der Waals surface area contributed by atoms with Gasteiger partial charge in [0.25, 0.3) is 0 Å². The third kappa shape index (κ3) is 0.235. The molecule has 0 radical (unpaired) electrons. The Bertz CT molecular complexity index is 168. The van der Waals surface area contributed by atoms with E-state index >= 15 is 0 Å². The summed E-state index contributed by atoms with van der Waals surface area (Å²) in [5, 5.41) is 0. The van der Waals surface area contributed by atoms with Gasteiger partial charge < -0.3 is 0 Å². The Morgan fingerprint density at radius 3 is 2.44 bits per heavy atom. The summed E-state index contributed by atoms with van der Waals surface area (Å²) in [6.45, 7) is 0. The highest BCUT2D eigenvalue weighted by Crippen LogP contribution is 2.81. The van der Waals surface area contributed by atoms with Crippen LogP contribution in [0.1, 0.15) is 19.3 Å². The molecule has 0 bridgehead atoms. The molecule has 4 fully saturated rings. The van der Waals surface area contributed by atoms with Crippen molar-refractivity contribution in [1.82, 2.24) is 0 Å². The summed E-state index contributed by atoms with van der Waals surface area (Å²) in [6.07, 6.45) is 4.88. The van der Waals surface area contributed by atoms with E-state index in [1.54, 1.807) is 19.3 Å². The number of hydrogen-bond acceptors (Lipinski definition) is 0. The summed E-state index contributed by atoms with van der Waals surface area (Å²) in [5.41, 5.74) is 0. The van der Waals surface area contributed by atoms with Gasteiger partial charge in [0.2, 0.25) is 0 Å². The third-order valence-corrected chi connectivity index (χ3v) is 4.72. The van der Waals surface area contributed by atoms with E-state index in [0.717, 1.165) is 0 Å². The number of rotatable bonds is 0. The molecule has 4 aliphatic rings. The predicted molar refractivity (Wildman–Crippen MR) is 34.8 cm³/mol. The Labute approximate surface area is 55.6 Å². The average molecular weight is 120 g/mol. The van der Waals surface area contributed by atoms with Crippen molar-refractivity contribution >= 4 is 0 Å². The highest BCUT2D eigenvalue weighted by molar-refractivity contribution is 5.24. The smallest absolute Gasteiger partial charge is 0.0315 e. The first-order valence-corrected chi connectivity index (χ1v) is 4.47. The lowest BCUT2D eigenvalue weighted by molar-refractivity contribution is 0.145. The molecular weight excluding hydrogens is 108 g/mol. The molecule has 4 rings (SSSR count). The summed E-state index contributed by atoms with van der Waals surface area (Å²) in [4.78, 5) is 0. The third-order valence-electron chi connectivity index (χ3n) is 4.72. The Hall–Kier alpha value is 0. The minimum absolute atomic E-state index is 1.23. The fraction of sp³-hybridized carbons (Fsp3) is 1.00. The zero-order chi connectivity index (χ0) is 5.59. The summed E-state index contributed by atoms with van der Waals surface area (Å²) in [5.74, 6) is 7.62. The van der Waals surface area contributed by atoms with Crippen LogP contribution >= 0.6 is 0 Å². The van der Waals surface area contributed by atoms with E-state index < -0.39 is 0 Å². The second-order valence-corrected chi connectivity index (χ2v) is 4.63. The highest BCUT2D eigenvalue weighted by atomic mass is 14.8. The summed E-state index contributed by atoms with van der Waals surface area (Å²) >= 11 is 0. The highest BCUT2D eigenvalue weighted by Gasteiger charge is 2.76. The van der Waals surface area contributed by atoms with Crippen LogP contribution in [0.15, 0.2) is 0 Å². The monoisotopic (exact) mass is 120 g/mol. The van der Waals surface area contributed by atoms with Gasteiger partial charge in [-0.3, -0.25) is 0 Å². The molecule has 4 aliphatic carbocycles. The molecule has 0 N–H and O–H groups in total. The van der Waals surface area contributed by atoms with Crippen molar-refractivity contribution in [3.05, 3.63) is 0 Å². The van der Waals surface area contributed by atoms with Crippen molar-refractivity contribution in [1.29, 1.82) is 0 Å². The normalized spacial score (nSPS) is 80.0. The molecule has 48 valence electrons. The molecule has 0 amide bonds. The molecule has 4 saturated carbocycles. The van der Waals surface area contributed by atoms with Crippen molar-refractivity contribution in [2.45, 2.75) is 19.3 Å². The molecular formula is C9H12. The summed E-state index contributed by atoms with van der Waals surface area (Å²) in [7, 11) is 0. The second kappa shape index (κ2) is 0.889. The first-order chi connectivity index (χ1) is 4.47. The lowest BCUT2D eigenvalue weighted by Crippen LogP contribution is -2.28. The molecule has 6 unspecified atom stereocenters. The molecule has 0 aromatic rings. The zero-order valence-corrected chi connectivity index (χ0v) is 5.59. The fourth-order valence-electron chi connectivity index (χ4n) is 4.56. The standard InChI is InChI=1S/C9H12/c1-2-5-7-4(1)3-6-8(5)9(6)7/h4-9H,1-3H2. The molecule has 0 aromatic heterocycles. The SMILES string of the molecule is C1CC2C3C1CC1C2C13. The predicted octanol–water partition coefficient (Wildman–Crippen LogP) is 1.91. The van der Waals surface area contributed by atoms with Crippen molar-refractivity contribution < 1.29 is 0 Å². The Balaban J connectivity index is 1.94. The van der Waals surface area contributed by atoms with E-state index in [1.807, 2.05) is 0 Å². The van der Waals surface area contributed by atoms with Gasteiger partial charge in [-0.1, -0.05) is 0 Å². The van der Waals surface area contributed by atoms with E-state index in [1.165, 1.54) is 35.5 Å². The minimum atomic E-state index is 1.23. The second-order valence-electron chi connectivity index (χ2n) is 4.63. The van der Waals surface area contributed by atoms with E-state index in [2.05, 4.69) is 0 Å². The van der Waals surface area contributed by atoms with Gasteiger partial charge >= 0.3 is 0 Å². The maximum atomic E-state index is 1.65. The minimum Gasteiger partial charge on any atom is -0.0499 e. The van der Waals surface area contributed by atoms with Crippen LogP contribution in [0.5, 0.6) is 0 Å². The summed E-state index contributed by atoms with van der Waals surface area (Å²) in [6, 6.07) is 0. The maximum absolute atomic E-state index is 1.65. The van der Waals surface area contributed by atoms with Gasteiger partial charge in [0, 0.05) is 0 Å². The van der Waals surface area contributed by atoms with E-state index in [9.17, 15) is 0 Å². The topological polar surface area (TPSA) is 0 Å². The largest absolute Gasteiger partial charge is 0.0499 e. The average Bonchev–Trinajstić information content (AvgIpc) is 2.16. The molecule has 9 heavy (non-hydrogen) atoms. The van der Waals surface area contributed by atoms with Crippen LogP contribution < -0.4 is 0 Å². The van der Waals surface area contributed by atoms with Gasteiger partial charge in [0.1, 0.15) is 0 Å². The lowest BCUT2D eigenvalue weighted by Gasteiger charge is -2.33. The number of hydrogen-bond donors (Lipinski definition) is 0. The van der Waals surface area contributed by atoms with Crippen molar-refractivity contribution in [2.24, 2.45) is 35.5 Å². The zero-order valence-electron chi connectivity index (χ0n) is 5.59. The fourth-order valence-corrected chi connectivity index (χ4v) is 4.56. The van der Waals surface area contributed by atoms with Crippen LogP contribution in [0, 0.1) is 35.5 Å². The van der Waals surface area contributed by atoms with Crippen LogP contribution in [0.3, 0.4) is 0 Å². The molecule has 0 heteroatoms. The van der Waals surface area contributed by atoms with Crippen LogP contribution in [-0.2, 0) is 0 Å². The van der Waals surface area contributed by atoms with Crippen molar-refractivity contribution in [2.75, 3.05) is 0 Å². The lowest BCUT2D eigenvalue weighted by atomic mass is 9.72. The molecule has 0 saturated heterocycles. The van der Waals surface area contributed by atoms with Gasteiger partial charge in [-0.15, -0.1) is 0 Å². The molecule has 0 aliphatic heterocycles. The molecule has 6 atom stereocenters. The molecule has 0 spiro atoms. The first kappa shape index (κ1) is 4.00. The molecule has 0 aromatic carbocycles. The quantitative estimate of drug-likeness (QED) is 0.458. The maximum Gasteiger partial charge on any atom is -0.0315 e. The summed E-state index contributed by atoms with van der Waals surface area (Å²) < 4.78 is 0. The van der Waals surface area contributed by atoms with Gasteiger partial charge in [-0.2, -0.15) is 0 Å². The van der Waals surface area contributed by atoms with Gasteiger partial charge in [0.05, 0.1) is 0 Å². The van der Waals surface area contributed by atoms with Gasteiger partial charge in [-0.05, 0) is 54.8 Å². The van der Waals surface area contributed by atoms with Crippen LogP contribution in [0.4, 0.5) is 0 Å². The first-order valence-electron chi connectivity index (χ1n) is 4.47. The molecule has 0 heterocycles.